The molecule has 2 aromatic carbocycles. The number of aromatic nitrogens is 4. The molecule has 30 heavy (non-hydrogen) atoms. The number of rotatable bonds is 6. The van der Waals surface area contributed by atoms with Crippen LogP contribution in [0.15, 0.2) is 65.1 Å². The van der Waals surface area contributed by atoms with Gasteiger partial charge in [-0.2, -0.15) is 0 Å². The number of carbonyl (C=O) groups is 1. The topological polar surface area (TPSA) is 63.9 Å². The minimum Gasteiger partial charge on any atom is -0.305 e. The highest BCUT2D eigenvalue weighted by atomic mass is 32.2. The molecular formula is C21H18FN5OS2. The molecule has 6 nitrogen and oxygen atoms in total. The molecule has 4 aromatic rings. The van der Waals surface area contributed by atoms with Crippen molar-refractivity contribution in [3.8, 4) is 11.4 Å². The van der Waals surface area contributed by atoms with E-state index in [2.05, 4.69) is 15.2 Å². The van der Waals surface area contributed by atoms with Crippen LogP contribution in [0.3, 0.4) is 0 Å². The molecule has 0 radical (unpaired) electrons. The number of halogens is 1. The molecule has 0 spiro atoms. The Balaban J connectivity index is 1.49. The van der Waals surface area contributed by atoms with Gasteiger partial charge in [-0.25, -0.2) is 9.37 Å². The lowest BCUT2D eigenvalue weighted by Gasteiger charge is -2.17. The molecule has 0 saturated carbocycles. The zero-order chi connectivity index (χ0) is 21.1. The van der Waals surface area contributed by atoms with Crippen molar-refractivity contribution in [3.05, 3.63) is 71.5 Å². The van der Waals surface area contributed by atoms with Crippen LogP contribution in [0.25, 0.3) is 11.4 Å². The van der Waals surface area contributed by atoms with Crippen LogP contribution in [-0.4, -0.2) is 25.7 Å². The van der Waals surface area contributed by atoms with Gasteiger partial charge < -0.3 is 4.57 Å². The van der Waals surface area contributed by atoms with Crippen LogP contribution >= 0.6 is 23.1 Å². The number of anilines is 2. The predicted molar refractivity (Wildman–Crippen MR) is 117 cm³/mol. The van der Waals surface area contributed by atoms with Crippen molar-refractivity contribution in [2.45, 2.75) is 17.8 Å². The number of benzene rings is 2. The molecule has 152 valence electrons. The number of thioether (sulfide) groups is 1. The van der Waals surface area contributed by atoms with E-state index in [0.717, 1.165) is 22.1 Å². The standard InChI is InChI=1S/C21H18FN5OS2/c1-14(28)27(18-6-4-3-5-7-18)20-23-17(12-29-20)13-30-21-25-24-19(26(21)2)15-8-10-16(22)11-9-15/h3-12H,13H2,1-2H3. The molecule has 2 aromatic heterocycles. The number of amides is 1. The van der Waals surface area contributed by atoms with Crippen LogP contribution in [0.5, 0.6) is 0 Å². The van der Waals surface area contributed by atoms with Crippen molar-refractivity contribution in [2.24, 2.45) is 7.05 Å². The fourth-order valence-corrected chi connectivity index (χ4v) is 4.69. The van der Waals surface area contributed by atoms with Gasteiger partial charge in [0, 0.05) is 30.7 Å². The van der Waals surface area contributed by atoms with Gasteiger partial charge in [0.15, 0.2) is 16.1 Å². The van der Waals surface area contributed by atoms with E-state index in [1.807, 2.05) is 47.3 Å². The summed E-state index contributed by atoms with van der Waals surface area (Å²) in [5.74, 6) is 0.882. The third kappa shape index (κ3) is 4.27. The van der Waals surface area contributed by atoms with Gasteiger partial charge in [-0.15, -0.1) is 21.5 Å². The van der Waals surface area contributed by atoms with Gasteiger partial charge in [0.1, 0.15) is 5.82 Å². The molecule has 0 bridgehead atoms. The number of hydrogen-bond acceptors (Lipinski definition) is 6. The Hall–Kier alpha value is -3.04. The fraction of sp³-hybridized carbons (Fsp3) is 0.143. The van der Waals surface area contributed by atoms with Crippen LogP contribution < -0.4 is 4.90 Å². The summed E-state index contributed by atoms with van der Waals surface area (Å²) in [6, 6.07) is 15.6. The summed E-state index contributed by atoms with van der Waals surface area (Å²) in [5, 5.41) is 11.8. The predicted octanol–water partition coefficient (Wildman–Crippen LogP) is 5.05. The monoisotopic (exact) mass is 439 g/mol. The quantitative estimate of drug-likeness (QED) is 0.393. The molecule has 0 aliphatic carbocycles. The second-order valence-electron chi connectivity index (χ2n) is 6.47. The maximum atomic E-state index is 13.2. The van der Waals surface area contributed by atoms with Gasteiger partial charge in [0.25, 0.3) is 0 Å². The average molecular weight is 440 g/mol. The van der Waals surface area contributed by atoms with Gasteiger partial charge in [-0.1, -0.05) is 30.0 Å². The number of carbonyl (C=O) groups excluding carboxylic acids is 1. The average Bonchev–Trinajstić information content (AvgIpc) is 3.34. The van der Waals surface area contributed by atoms with Crippen molar-refractivity contribution in [1.82, 2.24) is 19.7 Å². The third-order valence-corrected chi connectivity index (χ3v) is 6.28. The Morgan fingerprint density at radius 3 is 2.57 bits per heavy atom. The van der Waals surface area contributed by atoms with Crippen molar-refractivity contribution in [3.63, 3.8) is 0 Å². The number of hydrogen-bond donors (Lipinski definition) is 0. The zero-order valence-corrected chi connectivity index (χ0v) is 18.0. The van der Waals surface area contributed by atoms with Crippen molar-refractivity contribution >= 4 is 39.8 Å². The largest absolute Gasteiger partial charge is 0.305 e. The van der Waals surface area contributed by atoms with E-state index in [-0.39, 0.29) is 11.7 Å². The van der Waals surface area contributed by atoms with Crippen LogP contribution in [0.1, 0.15) is 12.6 Å². The number of para-hydroxylation sites is 1. The van der Waals surface area contributed by atoms with E-state index in [9.17, 15) is 9.18 Å². The molecule has 4 rings (SSSR count). The van der Waals surface area contributed by atoms with E-state index < -0.39 is 0 Å². The lowest BCUT2D eigenvalue weighted by Crippen LogP contribution is -2.22. The fourth-order valence-electron chi connectivity index (χ4n) is 2.90. The highest BCUT2D eigenvalue weighted by Gasteiger charge is 2.18. The van der Waals surface area contributed by atoms with Crippen molar-refractivity contribution in [1.29, 1.82) is 0 Å². The second-order valence-corrected chi connectivity index (χ2v) is 8.25. The van der Waals surface area contributed by atoms with E-state index >= 15 is 0 Å². The normalized spacial score (nSPS) is 10.9. The molecule has 0 aliphatic heterocycles. The first-order chi connectivity index (χ1) is 14.5. The highest BCUT2D eigenvalue weighted by Crippen LogP contribution is 2.31. The van der Waals surface area contributed by atoms with Crippen molar-refractivity contribution < 1.29 is 9.18 Å². The summed E-state index contributed by atoms with van der Waals surface area (Å²) < 4.78 is 15.0. The van der Waals surface area contributed by atoms with Crippen LogP contribution in [0.2, 0.25) is 0 Å². The highest BCUT2D eigenvalue weighted by molar-refractivity contribution is 7.98. The maximum Gasteiger partial charge on any atom is 0.230 e. The summed E-state index contributed by atoms with van der Waals surface area (Å²) in [4.78, 5) is 18.4. The van der Waals surface area contributed by atoms with Gasteiger partial charge in [-0.3, -0.25) is 9.69 Å². The second kappa shape index (κ2) is 8.76. The lowest BCUT2D eigenvalue weighted by atomic mass is 10.2. The zero-order valence-electron chi connectivity index (χ0n) is 16.3. The van der Waals surface area contributed by atoms with Crippen molar-refractivity contribution in [2.75, 3.05) is 4.90 Å². The third-order valence-electron chi connectivity index (χ3n) is 4.35. The number of nitrogens with zero attached hydrogens (tertiary/aromatic N) is 5. The molecule has 0 unspecified atom stereocenters. The smallest absolute Gasteiger partial charge is 0.230 e. The van der Waals surface area contributed by atoms with E-state index in [4.69, 9.17) is 0 Å². The first-order valence-electron chi connectivity index (χ1n) is 9.11. The minimum absolute atomic E-state index is 0.0907. The SMILES string of the molecule is CC(=O)N(c1ccccc1)c1nc(CSc2nnc(-c3ccc(F)cc3)n2C)cs1. The minimum atomic E-state index is -0.287. The van der Waals surface area contributed by atoms with Gasteiger partial charge >= 0.3 is 0 Å². The molecule has 0 fully saturated rings. The van der Waals surface area contributed by atoms with Crippen LogP contribution in [0, 0.1) is 5.82 Å². The first-order valence-corrected chi connectivity index (χ1v) is 11.0. The van der Waals surface area contributed by atoms with Gasteiger partial charge in [-0.05, 0) is 36.4 Å². The summed E-state index contributed by atoms with van der Waals surface area (Å²) in [5.41, 5.74) is 2.44. The summed E-state index contributed by atoms with van der Waals surface area (Å²) in [6.45, 7) is 1.53. The first kappa shape index (κ1) is 20.2. The number of thiazole rings is 1. The van der Waals surface area contributed by atoms with Crippen LogP contribution in [-0.2, 0) is 17.6 Å². The molecule has 2 heterocycles. The molecule has 1 amide bonds. The molecular weight excluding hydrogens is 421 g/mol. The van der Waals surface area contributed by atoms with E-state index in [0.29, 0.717) is 16.7 Å². The molecule has 0 saturated heterocycles. The molecule has 0 aliphatic rings. The Bertz CT molecular complexity index is 1160. The summed E-state index contributed by atoms with van der Waals surface area (Å²) in [6.07, 6.45) is 0. The van der Waals surface area contributed by atoms with E-state index in [1.54, 1.807) is 17.0 Å². The van der Waals surface area contributed by atoms with E-state index in [1.165, 1.54) is 42.2 Å². The molecule has 0 atom stereocenters. The molecule has 0 N–H and O–H groups in total. The Morgan fingerprint density at radius 1 is 1.13 bits per heavy atom. The summed E-state index contributed by atoms with van der Waals surface area (Å²) in [7, 11) is 1.88. The van der Waals surface area contributed by atoms with Gasteiger partial charge in [0.05, 0.1) is 11.4 Å². The Labute approximate surface area is 181 Å². The lowest BCUT2D eigenvalue weighted by molar-refractivity contribution is -0.115. The van der Waals surface area contributed by atoms with Gasteiger partial charge in [0.2, 0.25) is 5.91 Å². The Morgan fingerprint density at radius 2 is 1.87 bits per heavy atom. The van der Waals surface area contributed by atoms with Crippen LogP contribution in [0.4, 0.5) is 15.2 Å². The maximum absolute atomic E-state index is 13.2. The summed E-state index contributed by atoms with van der Waals surface area (Å²) >= 11 is 2.93. The molecule has 9 heteroatoms. The Kier molecular flexibility index (Phi) is 5.91.